The van der Waals surface area contributed by atoms with Gasteiger partial charge < -0.3 is 19.5 Å². The maximum atomic E-state index is 11.7. The predicted octanol–water partition coefficient (Wildman–Crippen LogP) is 3.70. The highest BCUT2D eigenvalue weighted by atomic mass is 79.9. The fraction of sp³-hybridized carbons (Fsp3) is 0.364. The third-order valence-corrected chi connectivity index (χ3v) is 4.34. The molecule has 0 unspecified atom stereocenters. The van der Waals surface area contributed by atoms with Gasteiger partial charge in [0.05, 0.1) is 18.7 Å². The van der Waals surface area contributed by atoms with Crippen LogP contribution in [0.15, 0.2) is 62.6 Å². The number of hydrogen-bond donors (Lipinski definition) is 2. The molecule has 0 aliphatic heterocycles. The lowest BCUT2D eigenvalue weighted by molar-refractivity contribution is 0.404. The first-order valence-corrected chi connectivity index (χ1v) is 10.5. The zero-order valence-corrected chi connectivity index (χ0v) is 19.5. The van der Waals surface area contributed by atoms with Crippen molar-refractivity contribution in [3.05, 3.63) is 79.0 Å². The average Bonchev–Trinajstić information content (AvgIpc) is 2.99. The molecule has 0 aromatic heterocycles. The molecule has 2 aromatic rings. The van der Waals surface area contributed by atoms with Gasteiger partial charge in [-0.05, 0) is 46.9 Å². The van der Waals surface area contributed by atoms with Gasteiger partial charge in [-0.3, -0.25) is 9.59 Å². The third-order valence-electron chi connectivity index (χ3n) is 3.72. The van der Waals surface area contributed by atoms with Crippen LogP contribution in [0.3, 0.4) is 0 Å². The number of hydrogen-bond acceptors (Lipinski definition) is 6. The summed E-state index contributed by atoms with van der Waals surface area (Å²) in [4.78, 5) is 22.9. The Hall–Kier alpha value is -2.16. The zero-order chi connectivity index (χ0) is 22.9. The second kappa shape index (κ2) is 16.6. The predicted molar refractivity (Wildman–Crippen MR) is 126 cm³/mol. The molecule has 0 aliphatic carbocycles. The SMILES string of the molecule is CCCB(O)O.CCCc1ccccc(OC)c1=O.COc1ccccc(Br)c1=O. The summed E-state index contributed by atoms with van der Waals surface area (Å²) in [6.07, 6.45) is 3.10. The molecule has 164 valence electrons. The maximum absolute atomic E-state index is 11.7. The Labute approximate surface area is 186 Å². The number of aryl methyl sites for hydroxylation is 1. The van der Waals surface area contributed by atoms with E-state index in [-0.39, 0.29) is 10.9 Å². The van der Waals surface area contributed by atoms with E-state index in [1.807, 2.05) is 25.1 Å². The summed E-state index contributed by atoms with van der Waals surface area (Å²) in [6, 6.07) is 14.1. The average molecular weight is 481 g/mol. The highest BCUT2D eigenvalue weighted by Crippen LogP contribution is 2.07. The van der Waals surface area contributed by atoms with Gasteiger partial charge in [-0.2, -0.15) is 0 Å². The minimum atomic E-state index is -1.10. The van der Waals surface area contributed by atoms with Crippen LogP contribution in [0.5, 0.6) is 11.5 Å². The maximum Gasteiger partial charge on any atom is 0.451 e. The molecule has 0 saturated heterocycles. The molecule has 0 radical (unpaired) electrons. The molecule has 0 heterocycles. The van der Waals surface area contributed by atoms with Gasteiger partial charge in [-0.25, -0.2) is 0 Å². The summed E-state index contributed by atoms with van der Waals surface area (Å²) >= 11 is 3.12. The molecule has 8 heteroatoms. The fourth-order valence-corrected chi connectivity index (χ4v) is 2.57. The van der Waals surface area contributed by atoms with Gasteiger partial charge in [0.1, 0.15) is 0 Å². The van der Waals surface area contributed by atoms with Crippen LogP contribution in [0.2, 0.25) is 6.32 Å². The van der Waals surface area contributed by atoms with E-state index in [1.165, 1.54) is 14.2 Å². The topological polar surface area (TPSA) is 93.1 Å². The minimum absolute atomic E-state index is 0.00866. The van der Waals surface area contributed by atoms with Crippen molar-refractivity contribution in [1.29, 1.82) is 0 Å². The van der Waals surface area contributed by atoms with Crippen molar-refractivity contribution in [2.45, 2.75) is 39.4 Å². The van der Waals surface area contributed by atoms with E-state index in [1.54, 1.807) is 30.3 Å². The van der Waals surface area contributed by atoms with E-state index in [9.17, 15) is 9.59 Å². The van der Waals surface area contributed by atoms with Crippen molar-refractivity contribution >= 4 is 23.0 Å². The highest BCUT2D eigenvalue weighted by molar-refractivity contribution is 9.10. The van der Waals surface area contributed by atoms with Gasteiger partial charge in [0.2, 0.25) is 10.9 Å². The molecule has 0 atom stereocenters. The minimum Gasteiger partial charge on any atom is -0.493 e. The Bertz CT molecular complexity index is 861. The van der Waals surface area contributed by atoms with Crippen LogP contribution in [-0.4, -0.2) is 31.4 Å². The van der Waals surface area contributed by atoms with E-state index >= 15 is 0 Å². The summed E-state index contributed by atoms with van der Waals surface area (Å²) in [5, 5.41) is 16.2. The van der Waals surface area contributed by atoms with Gasteiger partial charge in [-0.1, -0.05) is 57.0 Å². The molecule has 2 aromatic carbocycles. The second-order valence-corrected chi connectivity index (χ2v) is 6.98. The van der Waals surface area contributed by atoms with Gasteiger partial charge in [0.15, 0.2) is 11.5 Å². The Morgan fingerprint density at radius 2 is 1.33 bits per heavy atom. The molecule has 0 spiro atoms. The van der Waals surface area contributed by atoms with E-state index in [0.717, 1.165) is 24.8 Å². The van der Waals surface area contributed by atoms with E-state index in [2.05, 4.69) is 22.9 Å². The Morgan fingerprint density at radius 3 is 1.77 bits per heavy atom. The number of ether oxygens (including phenoxy) is 2. The number of rotatable bonds is 6. The Morgan fingerprint density at radius 1 is 0.833 bits per heavy atom. The van der Waals surface area contributed by atoms with Crippen molar-refractivity contribution in [1.82, 2.24) is 0 Å². The summed E-state index contributed by atoms with van der Waals surface area (Å²) in [6.45, 7) is 3.96. The van der Waals surface area contributed by atoms with Gasteiger partial charge >= 0.3 is 7.12 Å². The first kappa shape index (κ1) is 27.8. The van der Waals surface area contributed by atoms with Crippen molar-refractivity contribution in [2.24, 2.45) is 0 Å². The van der Waals surface area contributed by atoms with E-state index in [4.69, 9.17) is 19.5 Å². The quantitative estimate of drug-likeness (QED) is 0.612. The molecule has 0 fully saturated rings. The van der Waals surface area contributed by atoms with Gasteiger partial charge in [0.25, 0.3) is 0 Å². The largest absolute Gasteiger partial charge is 0.493 e. The van der Waals surface area contributed by atoms with Gasteiger partial charge in [-0.15, -0.1) is 0 Å². The van der Waals surface area contributed by atoms with Crippen LogP contribution in [0, 0.1) is 0 Å². The molecule has 30 heavy (non-hydrogen) atoms. The lowest BCUT2D eigenvalue weighted by Crippen LogP contribution is -2.08. The fourth-order valence-electron chi connectivity index (χ4n) is 2.22. The number of methoxy groups -OCH3 is 2. The Kier molecular flexibility index (Phi) is 15.4. The summed E-state index contributed by atoms with van der Waals surface area (Å²) in [5.41, 5.74) is 0.705. The summed E-state index contributed by atoms with van der Waals surface area (Å²) < 4.78 is 10.3. The molecule has 0 amide bonds. The zero-order valence-electron chi connectivity index (χ0n) is 17.9. The molecular weight excluding hydrogens is 451 g/mol. The Balaban J connectivity index is 0.000000450. The molecule has 0 bridgehead atoms. The number of halogens is 1. The molecule has 2 rings (SSSR count). The lowest BCUT2D eigenvalue weighted by atomic mass is 9.85. The van der Waals surface area contributed by atoms with Crippen molar-refractivity contribution in [3.63, 3.8) is 0 Å². The van der Waals surface area contributed by atoms with Crippen LogP contribution in [0.1, 0.15) is 32.3 Å². The normalized spacial score (nSPS) is 9.30. The molecule has 0 saturated carbocycles. The van der Waals surface area contributed by atoms with Crippen LogP contribution in [0.25, 0.3) is 0 Å². The van der Waals surface area contributed by atoms with Crippen LogP contribution in [0.4, 0.5) is 0 Å². The summed E-state index contributed by atoms with van der Waals surface area (Å²) in [7, 11) is 1.89. The van der Waals surface area contributed by atoms with Crippen molar-refractivity contribution in [2.75, 3.05) is 14.2 Å². The molecule has 6 nitrogen and oxygen atoms in total. The van der Waals surface area contributed by atoms with Crippen LogP contribution >= 0.6 is 15.9 Å². The van der Waals surface area contributed by atoms with Crippen molar-refractivity contribution in [3.8, 4) is 11.5 Å². The lowest BCUT2D eigenvalue weighted by Gasteiger charge is -1.95. The van der Waals surface area contributed by atoms with Gasteiger partial charge in [0, 0.05) is 5.56 Å². The standard InChI is InChI=1S/C11H14O2.C8H7BrO2.C3H9BO2/c1-3-6-9-7-4-5-8-10(13-2)11(9)12;1-11-7-5-3-2-4-6(9)8(7)10;1-2-3-4(5)6/h4-5,7-8H,3,6H2,1-2H3;2-5H,1H3;5-6H,2-3H2,1H3. The first-order chi connectivity index (χ1) is 14.3. The summed E-state index contributed by atoms with van der Waals surface area (Å²) in [5.74, 6) is 0.773. The smallest absolute Gasteiger partial charge is 0.451 e. The molecular formula is C22H30BBrO6. The monoisotopic (exact) mass is 480 g/mol. The van der Waals surface area contributed by atoms with Crippen molar-refractivity contribution < 1.29 is 19.5 Å². The molecule has 0 aliphatic rings. The highest BCUT2D eigenvalue weighted by Gasteiger charge is 2.02. The third kappa shape index (κ3) is 11.1. The van der Waals surface area contributed by atoms with E-state index < -0.39 is 7.12 Å². The first-order valence-electron chi connectivity index (χ1n) is 9.67. The second-order valence-electron chi connectivity index (χ2n) is 6.12. The van der Waals surface area contributed by atoms with Crippen LogP contribution < -0.4 is 20.3 Å². The van der Waals surface area contributed by atoms with E-state index in [0.29, 0.717) is 22.3 Å². The van der Waals surface area contributed by atoms with Crippen LogP contribution in [-0.2, 0) is 6.42 Å². The molecule has 2 N–H and O–H groups in total.